The highest BCUT2D eigenvalue weighted by molar-refractivity contribution is 7.89. The summed E-state index contributed by atoms with van der Waals surface area (Å²) >= 11 is 0. The number of sulfonamides is 1. The van der Waals surface area contributed by atoms with Gasteiger partial charge in [0.2, 0.25) is 10.0 Å². The maximum atomic E-state index is 13.1. The fourth-order valence-electron chi connectivity index (χ4n) is 4.26. The van der Waals surface area contributed by atoms with Gasteiger partial charge < -0.3 is 5.32 Å². The molecule has 1 saturated heterocycles. The van der Waals surface area contributed by atoms with Crippen LogP contribution in [0.3, 0.4) is 0 Å². The van der Waals surface area contributed by atoms with Crippen LogP contribution in [-0.4, -0.2) is 31.9 Å². The van der Waals surface area contributed by atoms with Gasteiger partial charge in [-0.3, -0.25) is 0 Å². The molecule has 0 aromatic heterocycles. The number of nitrogens with zero attached hydrogens (tertiary/aromatic N) is 1. The SMILES string of the molecule is Cc1ccc(S(=O)(=O)N2CC3CCC2C3)c2c1NCCC2. The molecule has 1 aromatic rings. The number of aryl methyl sites for hydroxylation is 1. The Hall–Kier alpha value is -1.07. The number of rotatable bonds is 2. The standard InChI is InChI=1S/C16H22N2O2S/c1-11-4-7-15(14-3-2-8-17-16(11)14)21(19,20)18-10-12-5-6-13(18)9-12/h4,7,12-13,17H,2-3,5-6,8-10H2,1H3. The zero-order valence-electron chi connectivity index (χ0n) is 12.4. The highest BCUT2D eigenvalue weighted by Crippen LogP contribution is 2.42. The summed E-state index contributed by atoms with van der Waals surface area (Å²) < 4.78 is 28.0. The van der Waals surface area contributed by atoms with Crippen molar-refractivity contribution in [1.29, 1.82) is 0 Å². The van der Waals surface area contributed by atoms with Crippen molar-refractivity contribution >= 4 is 15.7 Å². The lowest BCUT2D eigenvalue weighted by Gasteiger charge is -2.29. The molecule has 5 heteroatoms. The van der Waals surface area contributed by atoms with E-state index < -0.39 is 10.0 Å². The van der Waals surface area contributed by atoms with Crippen LogP contribution in [0, 0.1) is 12.8 Å². The molecule has 2 aliphatic heterocycles. The number of hydrogen-bond acceptors (Lipinski definition) is 3. The van der Waals surface area contributed by atoms with E-state index >= 15 is 0 Å². The van der Waals surface area contributed by atoms with Crippen molar-refractivity contribution in [3.8, 4) is 0 Å². The Kier molecular flexibility index (Phi) is 3.05. The molecule has 4 rings (SSSR count). The number of hydrogen-bond donors (Lipinski definition) is 1. The summed E-state index contributed by atoms with van der Waals surface area (Å²) in [6.07, 6.45) is 5.16. The Bertz CT molecular complexity index is 684. The molecule has 21 heavy (non-hydrogen) atoms. The minimum Gasteiger partial charge on any atom is -0.385 e. The van der Waals surface area contributed by atoms with E-state index in [1.54, 1.807) is 4.31 Å². The van der Waals surface area contributed by atoms with Crippen molar-refractivity contribution in [2.24, 2.45) is 5.92 Å². The van der Waals surface area contributed by atoms with Gasteiger partial charge in [-0.25, -0.2) is 8.42 Å². The third-order valence-corrected chi connectivity index (χ3v) is 7.33. The fourth-order valence-corrected chi connectivity index (χ4v) is 6.26. The van der Waals surface area contributed by atoms with Gasteiger partial charge in [-0.1, -0.05) is 6.07 Å². The number of nitrogens with one attached hydrogen (secondary N) is 1. The van der Waals surface area contributed by atoms with Gasteiger partial charge in [-0.15, -0.1) is 0 Å². The minimum atomic E-state index is -3.33. The van der Waals surface area contributed by atoms with Crippen LogP contribution in [0.5, 0.6) is 0 Å². The average molecular weight is 306 g/mol. The summed E-state index contributed by atoms with van der Waals surface area (Å²) in [7, 11) is -3.33. The van der Waals surface area contributed by atoms with Crippen molar-refractivity contribution in [3.63, 3.8) is 0 Å². The summed E-state index contributed by atoms with van der Waals surface area (Å²) in [5, 5.41) is 3.38. The highest BCUT2D eigenvalue weighted by Gasteiger charge is 2.45. The second kappa shape index (κ2) is 4.71. The van der Waals surface area contributed by atoms with E-state index in [2.05, 4.69) is 5.32 Å². The first-order chi connectivity index (χ1) is 10.1. The number of piperidine rings is 1. The lowest BCUT2D eigenvalue weighted by Crippen LogP contribution is -2.38. The van der Waals surface area contributed by atoms with Crippen LogP contribution in [0.15, 0.2) is 17.0 Å². The zero-order chi connectivity index (χ0) is 14.6. The van der Waals surface area contributed by atoms with Crippen LogP contribution in [0.1, 0.15) is 36.8 Å². The molecule has 1 aliphatic carbocycles. The maximum absolute atomic E-state index is 13.1. The first kappa shape index (κ1) is 13.6. The number of fused-ring (bicyclic) bond motifs is 3. The summed E-state index contributed by atoms with van der Waals surface area (Å²) in [6, 6.07) is 4.01. The van der Waals surface area contributed by atoms with Gasteiger partial charge >= 0.3 is 0 Å². The van der Waals surface area contributed by atoms with E-state index in [4.69, 9.17) is 0 Å². The molecule has 2 heterocycles. The zero-order valence-corrected chi connectivity index (χ0v) is 13.2. The molecule has 0 radical (unpaired) electrons. The van der Waals surface area contributed by atoms with Crippen molar-refractivity contribution in [2.45, 2.75) is 50.0 Å². The summed E-state index contributed by atoms with van der Waals surface area (Å²) in [6.45, 7) is 3.71. The first-order valence-corrected chi connectivity index (χ1v) is 9.39. The van der Waals surface area contributed by atoms with E-state index in [1.807, 2.05) is 19.1 Å². The lowest BCUT2D eigenvalue weighted by molar-refractivity contribution is 0.333. The Morgan fingerprint density at radius 1 is 1.29 bits per heavy atom. The van der Waals surface area contributed by atoms with Crippen LogP contribution in [0.4, 0.5) is 5.69 Å². The molecule has 0 amide bonds. The van der Waals surface area contributed by atoms with Crippen molar-refractivity contribution < 1.29 is 8.42 Å². The van der Waals surface area contributed by atoms with Gasteiger partial charge in [0, 0.05) is 24.8 Å². The summed E-state index contributed by atoms with van der Waals surface area (Å²) in [5.74, 6) is 0.587. The van der Waals surface area contributed by atoms with E-state index in [0.29, 0.717) is 10.8 Å². The van der Waals surface area contributed by atoms with Crippen LogP contribution in [-0.2, 0) is 16.4 Å². The molecule has 4 nitrogen and oxygen atoms in total. The molecule has 2 unspecified atom stereocenters. The average Bonchev–Trinajstić information content (AvgIpc) is 3.10. The predicted molar refractivity (Wildman–Crippen MR) is 83.0 cm³/mol. The second-order valence-electron chi connectivity index (χ2n) is 6.67. The molecule has 1 aromatic carbocycles. The highest BCUT2D eigenvalue weighted by atomic mass is 32.2. The molecule has 114 valence electrons. The molecule has 1 N–H and O–H groups in total. The first-order valence-electron chi connectivity index (χ1n) is 7.95. The lowest BCUT2D eigenvalue weighted by atomic mass is 10.00. The molecule has 2 fully saturated rings. The van der Waals surface area contributed by atoms with Crippen LogP contribution in [0.25, 0.3) is 0 Å². The number of benzene rings is 1. The van der Waals surface area contributed by atoms with E-state index in [-0.39, 0.29) is 6.04 Å². The van der Waals surface area contributed by atoms with Crippen molar-refractivity contribution in [3.05, 3.63) is 23.3 Å². The summed E-state index contributed by atoms with van der Waals surface area (Å²) in [4.78, 5) is 0.544. The van der Waals surface area contributed by atoms with Gasteiger partial charge in [0.05, 0.1) is 4.90 Å². The van der Waals surface area contributed by atoms with E-state index in [0.717, 1.165) is 55.6 Å². The van der Waals surface area contributed by atoms with Gasteiger partial charge in [-0.2, -0.15) is 4.31 Å². The van der Waals surface area contributed by atoms with Crippen LogP contribution in [0.2, 0.25) is 0 Å². The Morgan fingerprint density at radius 2 is 2.14 bits per heavy atom. The molecule has 0 spiro atoms. The molecular formula is C16H22N2O2S. The fraction of sp³-hybridized carbons (Fsp3) is 0.625. The van der Waals surface area contributed by atoms with E-state index in [9.17, 15) is 8.42 Å². The third kappa shape index (κ3) is 2.01. The molecular weight excluding hydrogens is 284 g/mol. The Balaban J connectivity index is 1.79. The largest absolute Gasteiger partial charge is 0.385 e. The normalized spacial score (nSPS) is 28.4. The smallest absolute Gasteiger partial charge is 0.243 e. The molecule has 3 aliphatic rings. The monoisotopic (exact) mass is 306 g/mol. The van der Waals surface area contributed by atoms with Gasteiger partial charge in [0.15, 0.2) is 0 Å². The Labute approximate surface area is 126 Å². The number of anilines is 1. The maximum Gasteiger partial charge on any atom is 0.243 e. The van der Waals surface area contributed by atoms with Crippen molar-refractivity contribution in [1.82, 2.24) is 4.31 Å². The quantitative estimate of drug-likeness (QED) is 0.913. The Morgan fingerprint density at radius 3 is 2.86 bits per heavy atom. The summed E-state index contributed by atoms with van der Waals surface area (Å²) in [5.41, 5.74) is 3.20. The van der Waals surface area contributed by atoms with Gasteiger partial charge in [0.1, 0.15) is 0 Å². The predicted octanol–water partition coefficient (Wildman–Crippen LogP) is 2.53. The van der Waals surface area contributed by atoms with Gasteiger partial charge in [0.25, 0.3) is 0 Å². The third-order valence-electron chi connectivity index (χ3n) is 5.33. The molecule has 2 bridgehead atoms. The molecule has 1 saturated carbocycles. The second-order valence-corrected chi connectivity index (χ2v) is 8.53. The van der Waals surface area contributed by atoms with Crippen LogP contribution < -0.4 is 5.32 Å². The van der Waals surface area contributed by atoms with Crippen LogP contribution >= 0.6 is 0 Å². The van der Waals surface area contributed by atoms with Crippen molar-refractivity contribution in [2.75, 3.05) is 18.4 Å². The molecule has 2 atom stereocenters. The van der Waals surface area contributed by atoms with Gasteiger partial charge in [-0.05, 0) is 62.1 Å². The topological polar surface area (TPSA) is 49.4 Å². The minimum absolute atomic E-state index is 0.244. The van der Waals surface area contributed by atoms with E-state index in [1.165, 1.54) is 6.42 Å².